The smallest absolute Gasteiger partial charge is 0.215 e. The normalized spacial score (nSPS) is 10.8. The molecule has 0 amide bonds. The van der Waals surface area contributed by atoms with E-state index in [4.69, 9.17) is 0 Å². The molecule has 19 heavy (non-hydrogen) atoms. The number of carbonyl (C=O) groups excluding carboxylic acids is 1. The van der Waals surface area contributed by atoms with E-state index in [-0.39, 0.29) is 0 Å². The molecule has 0 saturated heterocycles. The molecule has 3 aromatic rings. The number of aryl methyl sites for hydroxylation is 2. The second kappa shape index (κ2) is 4.20. The van der Waals surface area contributed by atoms with Crippen molar-refractivity contribution in [3.63, 3.8) is 0 Å². The molecule has 0 aliphatic carbocycles. The molecule has 0 bridgehead atoms. The first-order chi connectivity index (χ1) is 9.15. The Hall–Kier alpha value is -2.70. The van der Waals surface area contributed by atoms with E-state index in [0.717, 1.165) is 11.4 Å². The number of aldehydes is 1. The van der Waals surface area contributed by atoms with Crippen molar-refractivity contribution in [2.45, 2.75) is 13.8 Å². The number of hydrogen-bond acceptors (Lipinski definition) is 5. The summed E-state index contributed by atoms with van der Waals surface area (Å²) in [6.07, 6.45) is 2.55. The maximum absolute atomic E-state index is 10.9. The molecular weight excluding hydrogens is 244 g/mol. The SMILES string of the molecule is Cc1cn2c(Nc3cc(C)[nH]n3)nc(C=O)cc2n1. The number of aromatic amines is 1. The first kappa shape index (κ1) is 11.4. The van der Waals surface area contributed by atoms with Crippen molar-refractivity contribution in [2.24, 2.45) is 0 Å². The summed E-state index contributed by atoms with van der Waals surface area (Å²) >= 11 is 0. The summed E-state index contributed by atoms with van der Waals surface area (Å²) < 4.78 is 1.78. The molecule has 7 nitrogen and oxygen atoms in total. The Labute approximate surface area is 108 Å². The van der Waals surface area contributed by atoms with E-state index in [9.17, 15) is 4.79 Å². The van der Waals surface area contributed by atoms with Crippen LogP contribution in [0.2, 0.25) is 0 Å². The highest BCUT2D eigenvalue weighted by Crippen LogP contribution is 2.16. The summed E-state index contributed by atoms with van der Waals surface area (Å²) in [5.74, 6) is 1.15. The lowest BCUT2D eigenvalue weighted by molar-refractivity contribution is 0.111. The van der Waals surface area contributed by atoms with Gasteiger partial charge in [0.15, 0.2) is 12.1 Å². The first-order valence-corrected chi connectivity index (χ1v) is 5.76. The molecule has 0 atom stereocenters. The molecule has 0 unspecified atom stereocenters. The van der Waals surface area contributed by atoms with Gasteiger partial charge in [0.25, 0.3) is 0 Å². The van der Waals surface area contributed by atoms with Crippen LogP contribution in [-0.4, -0.2) is 30.9 Å². The highest BCUT2D eigenvalue weighted by Gasteiger charge is 2.09. The van der Waals surface area contributed by atoms with E-state index in [1.165, 1.54) is 0 Å². The van der Waals surface area contributed by atoms with Crippen LogP contribution in [-0.2, 0) is 0 Å². The lowest BCUT2D eigenvalue weighted by atomic mass is 10.4. The summed E-state index contributed by atoms with van der Waals surface area (Å²) in [5, 5.41) is 9.98. The van der Waals surface area contributed by atoms with Gasteiger partial charge in [0, 0.05) is 24.0 Å². The highest BCUT2D eigenvalue weighted by molar-refractivity contribution is 5.75. The van der Waals surface area contributed by atoms with E-state index in [1.807, 2.05) is 26.1 Å². The van der Waals surface area contributed by atoms with Gasteiger partial charge >= 0.3 is 0 Å². The van der Waals surface area contributed by atoms with Crippen molar-refractivity contribution in [2.75, 3.05) is 5.32 Å². The third-order valence-corrected chi connectivity index (χ3v) is 2.66. The molecule has 2 N–H and O–H groups in total. The predicted octanol–water partition coefficient (Wildman–Crippen LogP) is 1.63. The fourth-order valence-corrected chi connectivity index (χ4v) is 1.87. The van der Waals surface area contributed by atoms with Crippen molar-refractivity contribution >= 4 is 23.7 Å². The minimum absolute atomic E-state index is 0.327. The zero-order valence-electron chi connectivity index (χ0n) is 10.5. The van der Waals surface area contributed by atoms with Crippen LogP contribution in [0, 0.1) is 13.8 Å². The molecule has 3 aromatic heterocycles. The minimum Gasteiger partial charge on any atom is -0.308 e. The molecule has 3 heterocycles. The van der Waals surface area contributed by atoms with Gasteiger partial charge in [0.2, 0.25) is 5.95 Å². The average Bonchev–Trinajstić information content (AvgIpc) is 2.94. The topological polar surface area (TPSA) is 88.0 Å². The number of rotatable bonds is 3. The number of nitrogens with zero attached hydrogens (tertiary/aromatic N) is 4. The molecule has 0 aliphatic rings. The van der Waals surface area contributed by atoms with Gasteiger partial charge in [-0.1, -0.05) is 0 Å². The molecule has 0 saturated carbocycles. The van der Waals surface area contributed by atoms with E-state index in [1.54, 1.807) is 10.5 Å². The number of anilines is 2. The van der Waals surface area contributed by atoms with Gasteiger partial charge < -0.3 is 5.32 Å². The van der Waals surface area contributed by atoms with Crippen molar-refractivity contribution in [3.05, 3.63) is 35.4 Å². The van der Waals surface area contributed by atoms with E-state index in [0.29, 0.717) is 29.4 Å². The van der Waals surface area contributed by atoms with Gasteiger partial charge in [-0.25, -0.2) is 9.97 Å². The van der Waals surface area contributed by atoms with Gasteiger partial charge in [-0.05, 0) is 13.8 Å². The van der Waals surface area contributed by atoms with Crippen molar-refractivity contribution in [1.29, 1.82) is 0 Å². The maximum atomic E-state index is 10.9. The van der Waals surface area contributed by atoms with Gasteiger partial charge in [-0.15, -0.1) is 0 Å². The molecular formula is C12H12N6O. The maximum Gasteiger partial charge on any atom is 0.215 e. The third kappa shape index (κ3) is 2.05. The molecule has 0 aromatic carbocycles. The Kier molecular flexibility index (Phi) is 2.52. The molecule has 0 aliphatic heterocycles. The summed E-state index contributed by atoms with van der Waals surface area (Å²) in [7, 11) is 0. The van der Waals surface area contributed by atoms with Gasteiger partial charge in [-0.3, -0.25) is 14.3 Å². The van der Waals surface area contributed by atoms with Crippen LogP contribution in [0.3, 0.4) is 0 Å². The first-order valence-electron chi connectivity index (χ1n) is 5.76. The second-order valence-electron chi connectivity index (χ2n) is 4.29. The number of aromatic nitrogens is 5. The lowest BCUT2D eigenvalue weighted by Gasteiger charge is -2.05. The third-order valence-electron chi connectivity index (χ3n) is 2.66. The van der Waals surface area contributed by atoms with Crippen LogP contribution in [0.15, 0.2) is 18.3 Å². The standard InChI is InChI=1S/C12H12N6O/c1-7-3-10(17-16-7)15-12-14-9(6-19)4-11-13-8(2)5-18(11)12/h3-6H,1-2H3,(H2,14,15,16,17). The lowest BCUT2D eigenvalue weighted by Crippen LogP contribution is -2.03. The van der Waals surface area contributed by atoms with Crippen LogP contribution in [0.1, 0.15) is 21.9 Å². The van der Waals surface area contributed by atoms with Crippen LogP contribution in [0.25, 0.3) is 5.65 Å². The number of nitrogens with one attached hydrogen (secondary N) is 2. The average molecular weight is 256 g/mol. The quantitative estimate of drug-likeness (QED) is 0.695. The van der Waals surface area contributed by atoms with Crippen LogP contribution >= 0.6 is 0 Å². The minimum atomic E-state index is 0.327. The van der Waals surface area contributed by atoms with E-state index >= 15 is 0 Å². The van der Waals surface area contributed by atoms with Crippen molar-refractivity contribution in [1.82, 2.24) is 24.6 Å². The Morgan fingerprint density at radius 2 is 2.16 bits per heavy atom. The Bertz CT molecular complexity index is 757. The molecule has 3 rings (SSSR count). The summed E-state index contributed by atoms with van der Waals surface area (Å²) in [4.78, 5) is 19.5. The van der Waals surface area contributed by atoms with Crippen LogP contribution in [0.5, 0.6) is 0 Å². The number of hydrogen-bond donors (Lipinski definition) is 2. The van der Waals surface area contributed by atoms with E-state index < -0.39 is 0 Å². The largest absolute Gasteiger partial charge is 0.308 e. The Balaban J connectivity index is 2.12. The Morgan fingerprint density at radius 3 is 2.84 bits per heavy atom. The van der Waals surface area contributed by atoms with Gasteiger partial charge in [0.05, 0.1) is 5.69 Å². The molecule has 0 spiro atoms. The van der Waals surface area contributed by atoms with E-state index in [2.05, 4.69) is 25.5 Å². The second-order valence-corrected chi connectivity index (χ2v) is 4.29. The van der Waals surface area contributed by atoms with Crippen molar-refractivity contribution < 1.29 is 4.79 Å². The summed E-state index contributed by atoms with van der Waals surface area (Å²) in [6.45, 7) is 3.79. The zero-order valence-corrected chi connectivity index (χ0v) is 10.5. The number of H-pyrrole nitrogens is 1. The number of fused-ring (bicyclic) bond motifs is 1. The number of carbonyl (C=O) groups is 1. The van der Waals surface area contributed by atoms with Gasteiger partial charge in [-0.2, -0.15) is 5.10 Å². The van der Waals surface area contributed by atoms with Crippen molar-refractivity contribution in [3.8, 4) is 0 Å². The fraction of sp³-hybridized carbons (Fsp3) is 0.167. The summed E-state index contributed by atoms with van der Waals surface area (Å²) in [6, 6.07) is 3.49. The monoisotopic (exact) mass is 256 g/mol. The summed E-state index contributed by atoms with van der Waals surface area (Å²) in [5.41, 5.74) is 2.79. The van der Waals surface area contributed by atoms with Gasteiger partial charge in [0.1, 0.15) is 11.3 Å². The highest BCUT2D eigenvalue weighted by atomic mass is 16.1. The van der Waals surface area contributed by atoms with Crippen LogP contribution in [0.4, 0.5) is 11.8 Å². The molecule has 0 fully saturated rings. The number of imidazole rings is 1. The molecule has 0 radical (unpaired) electrons. The predicted molar refractivity (Wildman–Crippen MR) is 69.7 cm³/mol. The molecule has 96 valence electrons. The molecule has 7 heteroatoms. The van der Waals surface area contributed by atoms with Crippen LogP contribution < -0.4 is 5.32 Å². The zero-order chi connectivity index (χ0) is 13.4. The Morgan fingerprint density at radius 1 is 1.32 bits per heavy atom. The fourth-order valence-electron chi connectivity index (χ4n) is 1.87.